The lowest BCUT2D eigenvalue weighted by Crippen LogP contribution is -2.28. The number of carbonyl (C=O) groups is 1. The summed E-state index contributed by atoms with van der Waals surface area (Å²) in [6, 6.07) is 7.73. The van der Waals surface area contributed by atoms with Crippen LogP contribution in [0.25, 0.3) is 17.0 Å². The molecule has 1 aromatic carbocycles. The molecule has 8 heteroatoms. The van der Waals surface area contributed by atoms with Crippen LogP contribution in [0, 0.1) is 6.92 Å². The van der Waals surface area contributed by atoms with Crippen molar-refractivity contribution in [3.05, 3.63) is 71.0 Å². The molecule has 0 saturated carbocycles. The van der Waals surface area contributed by atoms with Gasteiger partial charge in [0.1, 0.15) is 18.0 Å². The van der Waals surface area contributed by atoms with E-state index in [2.05, 4.69) is 26.5 Å². The molecule has 0 aliphatic heterocycles. The Kier molecular flexibility index (Phi) is 4.13. The number of aliphatic hydroxyl groups is 1. The molecule has 4 aromatic rings. The molecule has 1 aliphatic carbocycles. The Bertz CT molecular complexity index is 1230. The normalized spacial score (nSPS) is 15.6. The molecule has 3 heterocycles. The summed E-state index contributed by atoms with van der Waals surface area (Å²) in [6.45, 7) is 1.75. The van der Waals surface area contributed by atoms with Crippen LogP contribution in [0.4, 0.5) is 0 Å². The third-order valence-corrected chi connectivity index (χ3v) is 5.26. The van der Waals surface area contributed by atoms with Crippen molar-refractivity contribution in [1.29, 1.82) is 0 Å². The molecule has 0 spiro atoms. The van der Waals surface area contributed by atoms with Crippen LogP contribution in [0.5, 0.6) is 0 Å². The second kappa shape index (κ2) is 6.82. The Labute approximate surface area is 166 Å². The molecule has 0 radical (unpaired) electrons. The van der Waals surface area contributed by atoms with Gasteiger partial charge in [-0.25, -0.2) is 9.97 Å². The van der Waals surface area contributed by atoms with Gasteiger partial charge >= 0.3 is 0 Å². The Hall–Kier alpha value is -3.52. The van der Waals surface area contributed by atoms with Crippen molar-refractivity contribution in [3.63, 3.8) is 0 Å². The molecular weight excluding hydrogens is 370 g/mol. The highest BCUT2D eigenvalue weighted by Crippen LogP contribution is 2.34. The third kappa shape index (κ3) is 3.07. The Morgan fingerprint density at radius 1 is 1.31 bits per heavy atom. The number of hydrogen-bond acceptors (Lipinski definition) is 6. The summed E-state index contributed by atoms with van der Waals surface area (Å²) in [5, 5.41) is 16.3. The first kappa shape index (κ1) is 17.6. The summed E-state index contributed by atoms with van der Waals surface area (Å²) in [6.07, 6.45) is 6.84. The van der Waals surface area contributed by atoms with E-state index in [1.807, 2.05) is 25.3 Å². The molecule has 0 unspecified atom stereocenters. The average Bonchev–Trinajstić information content (AvgIpc) is 3.45. The molecule has 0 bridgehead atoms. The minimum absolute atomic E-state index is 0.0554. The summed E-state index contributed by atoms with van der Waals surface area (Å²) in [5.74, 6) is 0.770. The summed E-state index contributed by atoms with van der Waals surface area (Å²) in [7, 11) is 0. The van der Waals surface area contributed by atoms with E-state index in [0.717, 1.165) is 29.5 Å². The molecular formula is C21H19N5O3. The fourth-order valence-electron chi connectivity index (χ4n) is 3.82. The lowest BCUT2D eigenvalue weighted by Gasteiger charge is -2.14. The van der Waals surface area contributed by atoms with Gasteiger partial charge in [-0.2, -0.15) is 0 Å². The van der Waals surface area contributed by atoms with E-state index in [9.17, 15) is 4.79 Å². The van der Waals surface area contributed by atoms with Gasteiger partial charge in [-0.3, -0.25) is 9.20 Å². The summed E-state index contributed by atoms with van der Waals surface area (Å²) in [4.78, 5) is 21.3. The van der Waals surface area contributed by atoms with Crippen LogP contribution in [0.3, 0.4) is 0 Å². The van der Waals surface area contributed by atoms with Gasteiger partial charge < -0.3 is 14.9 Å². The average molecular weight is 389 g/mol. The molecule has 3 aromatic heterocycles. The van der Waals surface area contributed by atoms with E-state index in [-0.39, 0.29) is 18.6 Å². The van der Waals surface area contributed by atoms with Gasteiger partial charge in [0.25, 0.3) is 5.91 Å². The molecule has 1 aliphatic rings. The number of benzene rings is 1. The molecule has 1 atom stereocenters. The number of amides is 1. The fourth-order valence-corrected chi connectivity index (χ4v) is 3.82. The Morgan fingerprint density at radius 3 is 3.00 bits per heavy atom. The van der Waals surface area contributed by atoms with Crippen LogP contribution >= 0.6 is 0 Å². The molecule has 8 nitrogen and oxygen atoms in total. The predicted molar refractivity (Wildman–Crippen MR) is 104 cm³/mol. The second-order valence-electron chi connectivity index (χ2n) is 7.26. The summed E-state index contributed by atoms with van der Waals surface area (Å²) >= 11 is 0. The zero-order chi connectivity index (χ0) is 20.0. The number of nitrogens with one attached hydrogen (secondary N) is 1. The van der Waals surface area contributed by atoms with Crippen molar-refractivity contribution in [2.24, 2.45) is 0 Å². The van der Waals surface area contributed by atoms with Crippen LogP contribution in [-0.2, 0) is 13.0 Å². The molecule has 0 saturated heterocycles. The van der Waals surface area contributed by atoms with Crippen molar-refractivity contribution in [2.45, 2.75) is 32.4 Å². The number of imidazole rings is 1. The smallest absolute Gasteiger partial charge is 0.270 e. The number of hydrogen-bond donors (Lipinski definition) is 2. The van der Waals surface area contributed by atoms with Gasteiger partial charge in [0.2, 0.25) is 5.78 Å². The number of rotatable bonds is 4. The predicted octanol–water partition coefficient (Wildman–Crippen LogP) is 2.60. The molecule has 0 fully saturated rings. The molecule has 5 rings (SSSR count). The topological polar surface area (TPSA) is 106 Å². The van der Waals surface area contributed by atoms with Crippen molar-refractivity contribution < 1.29 is 14.4 Å². The van der Waals surface area contributed by atoms with Crippen LogP contribution < -0.4 is 5.32 Å². The molecule has 29 heavy (non-hydrogen) atoms. The monoisotopic (exact) mass is 389 g/mol. The number of aryl methyl sites for hydroxylation is 2. The van der Waals surface area contributed by atoms with Crippen molar-refractivity contribution in [3.8, 4) is 11.3 Å². The van der Waals surface area contributed by atoms with Crippen molar-refractivity contribution in [1.82, 2.24) is 24.8 Å². The van der Waals surface area contributed by atoms with Crippen LogP contribution in [0.1, 0.15) is 45.4 Å². The van der Waals surface area contributed by atoms with Gasteiger partial charge in [-0.1, -0.05) is 17.3 Å². The zero-order valence-corrected chi connectivity index (χ0v) is 15.8. The maximum Gasteiger partial charge on any atom is 0.270 e. The third-order valence-electron chi connectivity index (χ3n) is 5.26. The van der Waals surface area contributed by atoms with E-state index in [4.69, 9.17) is 9.63 Å². The van der Waals surface area contributed by atoms with Gasteiger partial charge in [0.05, 0.1) is 12.2 Å². The molecule has 1 amide bonds. The highest BCUT2D eigenvalue weighted by atomic mass is 16.5. The first-order valence-corrected chi connectivity index (χ1v) is 9.42. The van der Waals surface area contributed by atoms with Crippen molar-refractivity contribution >= 4 is 11.7 Å². The van der Waals surface area contributed by atoms with E-state index < -0.39 is 0 Å². The van der Waals surface area contributed by atoms with Gasteiger partial charge in [-0.05, 0) is 42.5 Å². The molecule has 146 valence electrons. The second-order valence-corrected chi connectivity index (χ2v) is 7.26. The van der Waals surface area contributed by atoms with Crippen molar-refractivity contribution in [2.75, 3.05) is 0 Å². The fraction of sp³-hybridized carbons (Fsp3) is 0.238. The highest BCUT2D eigenvalue weighted by molar-refractivity contribution is 5.93. The number of fused-ring (bicyclic) bond motifs is 2. The van der Waals surface area contributed by atoms with Crippen LogP contribution in [-0.4, -0.2) is 30.5 Å². The molecule has 2 N–H and O–H groups in total. The lowest BCUT2D eigenvalue weighted by molar-refractivity contribution is 0.0930. The van der Waals surface area contributed by atoms with E-state index in [0.29, 0.717) is 22.9 Å². The van der Waals surface area contributed by atoms with E-state index in [1.54, 1.807) is 22.9 Å². The number of aliphatic hydroxyl groups excluding tert-OH is 1. The summed E-state index contributed by atoms with van der Waals surface area (Å²) in [5.41, 5.74) is 5.34. The number of nitrogens with zero attached hydrogens (tertiary/aromatic N) is 4. The maximum absolute atomic E-state index is 12.9. The summed E-state index contributed by atoms with van der Waals surface area (Å²) < 4.78 is 6.79. The Balaban J connectivity index is 1.39. The van der Waals surface area contributed by atoms with Gasteiger partial charge in [0, 0.05) is 24.0 Å². The SMILES string of the molecule is Cc1cnc2ncc(C(=O)N[C@@H]3CCc4cc(-c5cc(CO)on5)ccc43)n2c1. The number of carbonyl (C=O) groups excluding carboxylic acids is 1. The standard InChI is InChI=1S/C21H19N5O3/c1-12-8-22-21-23-9-19(26(21)10-12)20(28)24-17-5-3-13-6-14(2-4-16(13)17)18-7-15(11-27)29-25-18/h2,4,6-10,17,27H,3,5,11H2,1H3,(H,24,28)/t17-/m1/s1. The van der Waals surface area contributed by atoms with Crippen LogP contribution in [0.15, 0.2) is 47.4 Å². The number of aromatic nitrogens is 4. The van der Waals surface area contributed by atoms with Gasteiger partial charge in [0.15, 0.2) is 5.76 Å². The van der Waals surface area contributed by atoms with Gasteiger partial charge in [-0.15, -0.1) is 0 Å². The van der Waals surface area contributed by atoms with E-state index in [1.165, 1.54) is 5.56 Å². The largest absolute Gasteiger partial charge is 0.388 e. The quantitative estimate of drug-likeness (QED) is 0.556. The Morgan fingerprint density at radius 2 is 2.17 bits per heavy atom. The lowest BCUT2D eigenvalue weighted by atomic mass is 10.0. The first-order chi connectivity index (χ1) is 14.1. The minimum Gasteiger partial charge on any atom is -0.388 e. The van der Waals surface area contributed by atoms with E-state index >= 15 is 0 Å². The minimum atomic E-state index is -0.176. The highest BCUT2D eigenvalue weighted by Gasteiger charge is 2.26. The maximum atomic E-state index is 12.9. The zero-order valence-electron chi connectivity index (χ0n) is 15.8. The first-order valence-electron chi connectivity index (χ1n) is 9.42. The van der Waals surface area contributed by atoms with Crippen LogP contribution in [0.2, 0.25) is 0 Å².